The number of hydrogen-bond donors (Lipinski definition) is 0. The van der Waals surface area contributed by atoms with E-state index in [-0.39, 0.29) is 0 Å². The van der Waals surface area contributed by atoms with Crippen LogP contribution in [0.4, 0.5) is 0 Å². The molecule has 0 radical (unpaired) electrons. The van der Waals surface area contributed by atoms with Gasteiger partial charge in [-0.3, -0.25) is 0 Å². The fourth-order valence-electron chi connectivity index (χ4n) is 1.19. The van der Waals surface area contributed by atoms with Crippen LogP contribution in [0, 0.1) is 0 Å². The molecule has 0 aromatic carbocycles. The van der Waals surface area contributed by atoms with E-state index in [0.717, 1.165) is 16.7 Å². The van der Waals surface area contributed by atoms with Gasteiger partial charge < -0.3 is 0 Å². The van der Waals surface area contributed by atoms with E-state index < -0.39 is 17.8 Å². The van der Waals surface area contributed by atoms with Gasteiger partial charge in [-0.15, -0.1) is 0 Å². The molecule has 0 heterocycles. The molecule has 0 bridgehead atoms. The van der Waals surface area contributed by atoms with Crippen LogP contribution in [0.2, 0.25) is 4.73 Å². The van der Waals surface area contributed by atoms with Gasteiger partial charge in [0.1, 0.15) is 0 Å². The summed E-state index contributed by atoms with van der Waals surface area (Å²) in [6.45, 7) is 7.02. The average Bonchev–Trinajstić information content (AvgIpc) is 2.24. The first-order valence-corrected chi connectivity index (χ1v) is 7.99. The number of ether oxygens (including phenoxy) is 1. The van der Waals surface area contributed by atoms with E-state index in [1.54, 1.807) is 21.3 Å². The zero-order valence-electron chi connectivity index (χ0n) is 10.2. The summed E-state index contributed by atoms with van der Waals surface area (Å²) >= 11 is -2.91. The van der Waals surface area contributed by atoms with Crippen molar-refractivity contribution in [1.82, 2.24) is 0 Å². The molecule has 0 fully saturated rings. The standard InChI is InChI=1S/C7H13O.3CH3O.Ti/c1-4-5-8-6-7(2)3;3*1-2;/h1-2,4-6H2,3H3;3*1H3;/q;3*-1;+3. The fraction of sp³-hybridized carbons (Fsp3) is 0.800. The van der Waals surface area contributed by atoms with Crippen molar-refractivity contribution in [3.63, 3.8) is 0 Å². The Morgan fingerprint density at radius 1 is 1.13 bits per heavy atom. The average molecular weight is 254 g/mol. The molecule has 0 aliphatic rings. The summed E-state index contributed by atoms with van der Waals surface area (Å²) in [4.78, 5) is 0. The van der Waals surface area contributed by atoms with E-state index in [2.05, 4.69) is 6.58 Å². The van der Waals surface area contributed by atoms with E-state index in [1.807, 2.05) is 6.92 Å². The van der Waals surface area contributed by atoms with Gasteiger partial charge in [0, 0.05) is 0 Å². The van der Waals surface area contributed by atoms with E-state index in [0.29, 0.717) is 13.2 Å². The minimum absolute atomic E-state index is 0.618. The van der Waals surface area contributed by atoms with Gasteiger partial charge in [0.25, 0.3) is 0 Å². The molecule has 0 amide bonds. The van der Waals surface area contributed by atoms with Crippen LogP contribution in [-0.4, -0.2) is 34.5 Å². The minimum atomic E-state index is -2.91. The molecule has 0 rings (SSSR count). The van der Waals surface area contributed by atoms with Crippen LogP contribution in [0.1, 0.15) is 13.3 Å². The first-order valence-electron chi connectivity index (χ1n) is 4.98. The summed E-state index contributed by atoms with van der Waals surface area (Å²) in [5.74, 6) is 0. The van der Waals surface area contributed by atoms with Crippen molar-refractivity contribution in [3.8, 4) is 0 Å². The third kappa shape index (κ3) is 6.46. The summed E-state index contributed by atoms with van der Waals surface area (Å²) in [6.07, 6.45) is 0.892. The molecule has 15 heavy (non-hydrogen) atoms. The molecule has 0 N–H and O–H groups in total. The van der Waals surface area contributed by atoms with Crippen molar-refractivity contribution in [2.24, 2.45) is 0 Å². The van der Waals surface area contributed by atoms with E-state index in [4.69, 9.17) is 14.7 Å². The third-order valence-corrected chi connectivity index (χ3v) is 6.48. The molecule has 0 spiro atoms. The Bertz CT molecular complexity index is 172. The molecular weight excluding hydrogens is 232 g/mol. The van der Waals surface area contributed by atoms with Crippen LogP contribution in [0.15, 0.2) is 12.2 Å². The summed E-state index contributed by atoms with van der Waals surface area (Å²) in [5, 5.41) is 0. The van der Waals surface area contributed by atoms with Gasteiger partial charge in [0.05, 0.1) is 0 Å². The topological polar surface area (TPSA) is 36.9 Å². The van der Waals surface area contributed by atoms with Crippen molar-refractivity contribution >= 4 is 0 Å². The van der Waals surface area contributed by atoms with Crippen molar-refractivity contribution in [1.29, 1.82) is 0 Å². The van der Waals surface area contributed by atoms with Crippen LogP contribution in [0.3, 0.4) is 0 Å². The molecule has 0 aromatic rings. The summed E-state index contributed by atoms with van der Waals surface area (Å²) in [7, 11) is 4.92. The Kier molecular flexibility index (Phi) is 8.61. The summed E-state index contributed by atoms with van der Waals surface area (Å²) in [5.41, 5.74) is 1.04. The molecule has 90 valence electrons. The Hall–Kier alpha value is 0.294. The number of rotatable bonds is 9. The van der Waals surface area contributed by atoms with Crippen LogP contribution < -0.4 is 0 Å². The van der Waals surface area contributed by atoms with Gasteiger partial charge in [-0.1, -0.05) is 0 Å². The predicted octanol–water partition coefficient (Wildman–Crippen LogP) is 2.23. The van der Waals surface area contributed by atoms with Gasteiger partial charge in [-0.2, -0.15) is 0 Å². The molecule has 5 heteroatoms. The zero-order chi connectivity index (χ0) is 11.7. The maximum absolute atomic E-state index is 5.39. The van der Waals surface area contributed by atoms with Crippen LogP contribution in [-0.2, 0) is 32.4 Å². The van der Waals surface area contributed by atoms with Crippen molar-refractivity contribution in [2.75, 3.05) is 34.5 Å². The maximum atomic E-state index is 5.39. The molecular formula is C10H22O4Ti. The quantitative estimate of drug-likeness (QED) is 0.359. The van der Waals surface area contributed by atoms with Crippen molar-refractivity contribution in [3.05, 3.63) is 12.2 Å². The second kappa shape index (κ2) is 8.45. The second-order valence-corrected chi connectivity index (χ2v) is 8.24. The molecule has 0 atom stereocenters. The van der Waals surface area contributed by atoms with Gasteiger partial charge in [-0.05, 0) is 0 Å². The molecule has 4 nitrogen and oxygen atoms in total. The van der Waals surface area contributed by atoms with E-state index >= 15 is 0 Å². The Balaban J connectivity index is 3.67. The normalized spacial score (nSPS) is 11.7. The molecule has 0 aliphatic heterocycles. The monoisotopic (exact) mass is 254 g/mol. The second-order valence-electron chi connectivity index (χ2n) is 3.41. The summed E-state index contributed by atoms with van der Waals surface area (Å²) < 4.78 is 22.2. The predicted molar refractivity (Wildman–Crippen MR) is 56.1 cm³/mol. The third-order valence-electron chi connectivity index (χ3n) is 2.05. The molecule has 0 aliphatic carbocycles. The first-order chi connectivity index (χ1) is 7.10. The van der Waals surface area contributed by atoms with Crippen LogP contribution in [0.25, 0.3) is 0 Å². The molecule has 0 saturated heterocycles. The SMILES string of the molecule is C=C(C)COCC[CH2][Ti]([O]C)([O]C)[O]C. The van der Waals surface area contributed by atoms with E-state index in [9.17, 15) is 0 Å². The molecule has 0 aromatic heterocycles. The van der Waals surface area contributed by atoms with Crippen molar-refractivity contribution < 1.29 is 32.4 Å². The number of hydrogen-bond acceptors (Lipinski definition) is 4. The van der Waals surface area contributed by atoms with Gasteiger partial charge >= 0.3 is 97.2 Å². The fourth-order valence-corrected chi connectivity index (χ4v) is 3.83. The van der Waals surface area contributed by atoms with Gasteiger partial charge in [-0.25, -0.2) is 0 Å². The van der Waals surface area contributed by atoms with Crippen molar-refractivity contribution in [2.45, 2.75) is 18.1 Å². The molecule has 0 saturated carbocycles. The zero-order valence-corrected chi connectivity index (χ0v) is 11.7. The Morgan fingerprint density at radius 2 is 1.67 bits per heavy atom. The van der Waals surface area contributed by atoms with Gasteiger partial charge in [0.15, 0.2) is 0 Å². The first kappa shape index (κ1) is 15.3. The van der Waals surface area contributed by atoms with Crippen LogP contribution in [0.5, 0.6) is 0 Å². The summed E-state index contributed by atoms with van der Waals surface area (Å²) in [6, 6.07) is 0. The van der Waals surface area contributed by atoms with E-state index in [1.165, 1.54) is 0 Å². The Morgan fingerprint density at radius 3 is 2.07 bits per heavy atom. The molecule has 0 unspecified atom stereocenters. The van der Waals surface area contributed by atoms with Gasteiger partial charge in [0.2, 0.25) is 0 Å². The van der Waals surface area contributed by atoms with Crippen LogP contribution >= 0.6 is 0 Å². The Labute approximate surface area is 97.3 Å².